The van der Waals surface area contributed by atoms with Gasteiger partial charge in [0.2, 0.25) is 0 Å². The molecule has 0 saturated carbocycles. The number of aryl methyl sites for hydroxylation is 1. The van der Waals surface area contributed by atoms with Crippen LogP contribution in [0.15, 0.2) is 54.9 Å². The second kappa shape index (κ2) is 9.60. The van der Waals surface area contributed by atoms with E-state index in [0.717, 1.165) is 32.6 Å². The van der Waals surface area contributed by atoms with Crippen LogP contribution in [0.4, 0.5) is 0 Å². The van der Waals surface area contributed by atoms with Gasteiger partial charge in [-0.2, -0.15) is 0 Å². The number of rotatable bonds is 5. The van der Waals surface area contributed by atoms with Crippen LogP contribution >= 0.6 is 0 Å². The van der Waals surface area contributed by atoms with Crippen LogP contribution in [0.1, 0.15) is 24.0 Å². The van der Waals surface area contributed by atoms with Crippen LogP contribution in [0.5, 0.6) is 0 Å². The number of halogens is 1. The van der Waals surface area contributed by atoms with Gasteiger partial charge in [-0.1, -0.05) is 42.5 Å². The maximum Gasteiger partial charge on any atom is 0.169 e. The van der Waals surface area contributed by atoms with Crippen molar-refractivity contribution >= 4 is 12.2 Å². The molecule has 23 heavy (non-hydrogen) atoms. The molecule has 1 saturated heterocycles. The molecule has 3 nitrogen and oxygen atoms in total. The fraction of sp³-hybridized carbons (Fsp3) is 0.316. The predicted octanol–water partition coefficient (Wildman–Crippen LogP) is 0.302. The van der Waals surface area contributed by atoms with Crippen molar-refractivity contribution < 1.29 is 31.0 Å². The van der Waals surface area contributed by atoms with E-state index in [0.29, 0.717) is 0 Å². The van der Waals surface area contributed by atoms with Crippen molar-refractivity contribution in [3.05, 3.63) is 66.0 Å². The van der Waals surface area contributed by atoms with Crippen molar-refractivity contribution in [3.8, 4) is 0 Å². The molecule has 1 aliphatic heterocycles. The van der Waals surface area contributed by atoms with E-state index in [1.807, 2.05) is 18.2 Å². The van der Waals surface area contributed by atoms with E-state index in [9.17, 15) is 0 Å². The zero-order valence-corrected chi connectivity index (χ0v) is 14.7. The first-order valence-corrected chi connectivity index (χ1v) is 7.86. The molecule has 1 aromatic carbocycles. The van der Waals surface area contributed by atoms with E-state index in [2.05, 4.69) is 53.4 Å². The van der Waals surface area contributed by atoms with Gasteiger partial charge in [0.15, 0.2) is 25.2 Å². The standard InChI is InChI=1S/C19H22NO2.BrH/c1-2-5-17(6-3-1)7-8-18-9-12-20(13-10-18)14-11-19-21-15-4-16-22-19;/h1-3,5-10,12-13,19H,4,11,14-16H2;1H/q+1;/p-1/b8-7+;. The van der Waals surface area contributed by atoms with Crippen LogP contribution in [-0.2, 0) is 16.0 Å². The molecule has 0 amide bonds. The normalized spacial score (nSPS) is 15.5. The van der Waals surface area contributed by atoms with Crippen LogP contribution in [0, 0.1) is 0 Å². The van der Waals surface area contributed by atoms with Crippen molar-refractivity contribution in [1.82, 2.24) is 0 Å². The highest BCUT2D eigenvalue weighted by molar-refractivity contribution is 5.68. The zero-order valence-electron chi connectivity index (χ0n) is 13.1. The number of ether oxygens (including phenoxy) is 2. The van der Waals surface area contributed by atoms with E-state index < -0.39 is 0 Å². The van der Waals surface area contributed by atoms with Crippen molar-refractivity contribution in [1.29, 1.82) is 0 Å². The van der Waals surface area contributed by atoms with Crippen molar-refractivity contribution in [2.45, 2.75) is 25.7 Å². The van der Waals surface area contributed by atoms with Crippen LogP contribution in [0.2, 0.25) is 0 Å². The highest BCUT2D eigenvalue weighted by Gasteiger charge is 2.15. The van der Waals surface area contributed by atoms with Gasteiger partial charge in [0, 0.05) is 12.1 Å². The van der Waals surface area contributed by atoms with Gasteiger partial charge in [0.1, 0.15) is 0 Å². The Hall–Kier alpha value is -1.49. The maximum atomic E-state index is 5.56. The lowest BCUT2D eigenvalue weighted by molar-refractivity contribution is -0.699. The van der Waals surface area contributed by atoms with Gasteiger partial charge >= 0.3 is 0 Å². The smallest absolute Gasteiger partial charge is 0.169 e. The first-order chi connectivity index (χ1) is 10.9. The summed E-state index contributed by atoms with van der Waals surface area (Å²) >= 11 is 0. The Kier molecular flexibility index (Phi) is 7.46. The van der Waals surface area contributed by atoms with E-state index in [4.69, 9.17) is 9.47 Å². The summed E-state index contributed by atoms with van der Waals surface area (Å²) in [5.41, 5.74) is 2.41. The first kappa shape index (κ1) is 17.9. The maximum absolute atomic E-state index is 5.56. The molecule has 3 rings (SSSR count). The lowest BCUT2D eigenvalue weighted by Gasteiger charge is -2.21. The third kappa shape index (κ3) is 5.90. The quantitative estimate of drug-likeness (QED) is 0.701. The minimum absolute atomic E-state index is 0. The van der Waals surface area contributed by atoms with Crippen LogP contribution in [0.25, 0.3) is 12.2 Å². The average molecular weight is 376 g/mol. The molecule has 122 valence electrons. The number of pyridine rings is 1. The largest absolute Gasteiger partial charge is 1.00 e. The summed E-state index contributed by atoms with van der Waals surface area (Å²) in [6, 6.07) is 14.6. The van der Waals surface area contributed by atoms with Gasteiger partial charge < -0.3 is 26.5 Å². The van der Waals surface area contributed by atoms with E-state index in [1.165, 1.54) is 11.1 Å². The molecule has 0 aliphatic carbocycles. The average Bonchev–Trinajstić information content (AvgIpc) is 2.61. The topological polar surface area (TPSA) is 22.3 Å². The van der Waals surface area contributed by atoms with Crippen molar-refractivity contribution in [2.75, 3.05) is 13.2 Å². The fourth-order valence-electron chi connectivity index (χ4n) is 2.44. The molecule has 0 unspecified atom stereocenters. The summed E-state index contributed by atoms with van der Waals surface area (Å²) in [6.07, 6.45) is 10.3. The summed E-state index contributed by atoms with van der Waals surface area (Å²) in [7, 11) is 0. The molecule has 2 heterocycles. The Bertz CT molecular complexity index is 593. The van der Waals surface area contributed by atoms with Gasteiger partial charge in [-0.05, 0) is 17.5 Å². The van der Waals surface area contributed by atoms with Crippen LogP contribution in [0.3, 0.4) is 0 Å². The lowest BCUT2D eigenvalue weighted by atomic mass is 10.1. The summed E-state index contributed by atoms with van der Waals surface area (Å²) < 4.78 is 13.3. The second-order valence-electron chi connectivity index (χ2n) is 5.43. The van der Waals surface area contributed by atoms with Crippen LogP contribution < -0.4 is 21.5 Å². The molecule has 0 bridgehead atoms. The Morgan fingerprint density at radius 3 is 2.17 bits per heavy atom. The molecular weight excluding hydrogens is 354 g/mol. The Morgan fingerprint density at radius 2 is 1.52 bits per heavy atom. The third-order valence-corrected chi connectivity index (χ3v) is 3.70. The second-order valence-corrected chi connectivity index (χ2v) is 5.43. The minimum Gasteiger partial charge on any atom is -1.00 e. The van der Waals surface area contributed by atoms with E-state index >= 15 is 0 Å². The van der Waals surface area contributed by atoms with Gasteiger partial charge in [-0.3, -0.25) is 0 Å². The summed E-state index contributed by atoms with van der Waals surface area (Å²) in [4.78, 5) is 0. The van der Waals surface area contributed by atoms with Crippen LogP contribution in [-0.4, -0.2) is 19.5 Å². The number of aromatic nitrogens is 1. The van der Waals surface area contributed by atoms with E-state index in [1.54, 1.807) is 0 Å². The Labute approximate surface area is 148 Å². The SMILES string of the molecule is C(=C\c1cc[n+](CCC2OCCCO2)cc1)/c1ccccc1.[Br-]. The Balaban J connectivity index is 0.00000192. The molecule has 1 aliphatic rings. The van der Waals surface area contributed by atoms with Gasteiger partial charge in [0.05, 0.1) is 19.6 Å². The van der Waals surface area contributed by atoms with Gasteiger partial charge in [-0.15, -0.1) is 0 Å². The minimum atomic E-state index is -0.0427. The number of nitrogens with zero attached hydrogens (tertiary/aromatic N) is 1. The van der Waals surface area contributed by atoms with Gasteiger partial charge in [0.25, 0.3) is 0 Å². The number of hydrogen-bond acceptors (Lipinski definition) is 2. The molecule has 0 N–H and O–H groups in total. The molecular formula is C19H22BrNO2. The van der Waals surface area contributed by atoms with Gasteiger partial charge in [-0.25, -0.2) is 4.57 Å². The first-order valence-electron chi connectivity index (χ1n) is 7.86. The monoisotopic (exact) mass is 375 g/mol. The highest BCUT2D eigenvalue weighted by atomic mass is 79.9. The highest BCUT2D eigenvalue weighted by Crippen LogP contribution is 2.09. The number of benzene rings is 1. The third-order valence-electron chi connectivity index (χ3n) is 3.70. The molecule has 0 atom stereocenters. The molecule has 1 aromatic heterocycles. The van der Waals surface area contributed by atoms with E-state index in [-0.39, 0.29) is 23.3 Å². The number of hydrogen-bond donors (Lipinski definition) is 0. The fourth-order valence-corrected chi connectivity index (χ4v) is 2.44. The summed E-state index contributed by atoms with van der Waals surface area (Å²) in [6.45, 7) is 2.55. The predicted molar refractivity (Wildman–Crippen MR) is 86.9 cm³/mol. The lowest BCUT2D eigenvalue weighted by Crippen LogP contribution is -3.00. The zero-order chi connectivity index (χ0) is 15.0. The molecule has 0 radical (unpaired) electrons. The molecule has 0 spiro atoms. The summed E-state index contributed by atoms with van der Waals surface area (Å²) in [5.74, 6) is 0. The van der Waals surface area contributed by atoms with Crippen molar-refractivity contribution in [3.63, 3.8) is 0 Å². The Morgan fingerprint density at radius 1 is 0.913 bits per heavy atom. The molecule has 2 aromatic rings. The molecule has 1 fully saturated rings. The summed E-state index contributed by atoms with van der Waals surface area (Å²) in [5, 5.41) is 0. The van der Waals surface area contributed by atoms with Crippen molar-refractivity contribution in [2.24, 2.45) is 0 Å². The molecule has 4 heteroatoms.